The number of hydrogen-bond acceptors (Lipinski definition) is 5. The van der Waals surface area contributed by atoms with Crippen molar-refractivity contribution in [1.29, 1.82) is 0 Å². The Morgan fingerprint density at radius 3 is 2.55 bits per heavy atom. The first kappa shape index (κ1) is 22.6. The fraction of sp³-hybridized carbons (Fsp3) is 0.182. The summed E-state index contributed by atoms with van der Waals surface area (Å²) in [6.45, 7) is 1.94. The SMILES string of the molecule is CC[C@@H](Oc1nc(Oc2cc(Br)cc(-c3cccc(CN)c3)c2)c(F)cc1F)C(=O)O. The number of carboxylic acids is 1. The summed E-state index contributed by atoms with van der Waals surface area (Å²) in [5.41, 5.74) is 8.29. The maximum atomic E-state index is 14.3. The first-order valence-electron chi connectivity index (χ1n) is 9.34. The molecule has 0 unspecified atom stereocenters. The van der Waals surface area contributed by atoms with E-state index in [1.165, 1.54) is 0 Å². The monoisotopic (exact) mass is 492 g/mol. The second kappa shape index (κ2) is 9.84. The number of halogens is 3. The van der Waals surface area contributed by atoms with Crippen LogP contribution in [0.5, 0.6) is 17.5 Å². The summed E-state index contributed by atoms with van der Waals surface area (Å²) in [5, 5.41) is 9.10. The molecule has 0 fully saturated rings. The predicted octanol–water partition coefficient (Wildman–Crippen LogP) is 5.28. The van der Waals surface area contributed by atoms with Gasteiger partial charge in [-0.3, -0.25) is 0 Å². The molecule has 0 aliphatic rings. The molecule has 1 heterocycles. The van der Waals surface area contributed by atoms with Crippen LogP contribution in [0.25, 0.3) is 11.1 Å². The van der Waals surface area contributed by atoms with Crippen molar-refractivity contribution in [2.45, 2.75) is 26.0 Å². The lowest BCUT2D eigenvalue weighted by molar-refractivity contribution is -0.145. The number of benzene rings is 2. The van der Waals surface area contributed by atoms with Crippen LogP contribution in [0.3, 0.4) is 0 Å². The van der Waals surface area contributed by atoms with Gasteiger partial charge < -0.3 is 20.3 Å². The van der Waals surface area contributed by atoms with Crippen molar-refractivity contribution in [3.8, 4) is 28.6 Å². The molecule has 9 heteroatoms. The number of carboxylic acid groups (broad SMARTS) is 1. The molecule has 3 aromatic rings. The smallest absolute Gasteiger partial charge is 0.344 e. The number of pyridine rings is 1. The van der Waals surface area contributed by atoms with E-state index in [0.717, 1.165) is 16.7 Å². The van der Waals surface area contributed by atoms with Gasteiger partial charge in [0.1, 0.15) is 5.75 Å². The van der Waals surface area contributed by atoms with Crippen LogP contribution in [0, 0.1) is 11.6 Å². The lowest BCUT2D eigenvalue weighted by Crippen LogP contribution is -2.26. The number of rotatable bonds is 8. The van der Waals surface area contributed by atoms with Gasteiger partial charge in [-0.15, -0.1) is 0 Å². The Morgan fingerprint density at radius 2 is 1.87 bits per heavy atom. The second-order valence-corrected chi connectivity index (χ2v) is 7.51. The molecule has 0 aliphatic carbocycles. The molecule has 0 aliphatic heterocycles. The molecule has 0 saturated heterocycles. The largest absolute Gasteiger partial charge is 0.479 e. The molecular formula is C22H19BrF2N2O4. The van der Waals surface area contributed by atoms with Gasteiger partial charge in [-0.1, -0.05) is 41.1 Å². The molecule has 1 atom stereocenters. The summed E-state index contributed by atoms with van der Waals surface area (Å²) in [4.78, 5) is 14.9. The van der Waals surface area contributed by atoms with Crippen molar-refractivity contribution < 1.29 is 28.2 Å². The average Bonchev–Trinajstić information content (AvgIpc) is 2.74. The van der Waals surface area contributed by atoms with Crippen molar-refractivity contribution in [2.24, 2.45) is 5.73 Å². The topological polar surface area (TPSA) is 94.7 Å². The fourth-order valence-corrected chi connectivity index (χ4v) is 3.28. The first-order valence-corrected chi connectivity index (χ1v) is 10.1. The van der Waals surface area contributed by atoms with E-state index in [1.54, 1.807) is 19.1 Å². The van der Waals surface area contributed by atoms with Crippen molar-refractivity contribution in [3.63, 3.8) is 0 Å². The normalized spacial score (nSPS) is 11.8. The maximum absolute atomic E-state index is 14.3. The quantitative estimate of drug-likeness (QED) is 0.444. The highest BCUT2D eigenvalue weighted by molar-refractivity contribution is 9.10. The lowest BCUT2D eigenvalue weighted by Gasteiger charge is -2.14. The van der Waals surface area contributed by atoms with Gasteiger partial charge in [0.25, 0.3) is 11.8 Å². The zero-order chi connectivity index (χ0) is 22.5. The average molecular weight is 493 g/mol. The summed E-state index contributed by atoms with van der Waals surface area (Å²) >= 11 is 3.39. The van der Waals surface area contributed by atoms with Crippen molar-refractivity contribution in [3.05, 3.63) is 70.2 Å². The van der Waals surface area contributed by atoms with Crippen LogP contribution in [0.1, 0.15) is 18.9 Å². The van der Waals surface area contributed by atoms with E-state index in [1.807, 2.05) is 30.3 Å². The Morgan fingerprint density at radius 1 is 1.13 bits per heavy atom. The molecule has 0 bridgehead atoms. The molecule has 0 spiro atoms. The van der Waals surface area contributed by atoms with E-state index >= 15 is 0 Å². The van der Waals surface area contributed by atoms with E-state index in [9.17, 15) is 13.6 Å². The van der Waals surface area contributed by atoms with Gasteiger partial charge >= 0.3 is 5.97 Å². The Kier molecular flexibility index (Phi) is 7.19. The van der Waals surface area contributed by atoms with Gasteiger partial charge in [-0.25, -0.2) is 13.6 Å². The minimum absolute atomic E-state index is 0.0703. The Hall–Kier alpha value is -3.04. The third-order valence-electron chi connectivity index (χ3n) is 4.35. The Balaban J connectivity index is 1.94. The zero-order valence-electron chi connectivity index (χ0n) is 16.4. The van der Waals surface area contributed by atoms with E-state index < -0.39 is 35.5 Å². The Bertz CT molecular complexity index is 1110. The summed E-state index contributed by atoms with van der Waals surface area (Å²) in [5.74, 6) is -4.44. The highest BCUT2D eigenvalue weighted by Crippen LogP contribution is 2.33. The molecule has 3 rings (SSSR count). The van der Waals surface area contributed by atoms with Gasteiger partial charge in [0.2, 0.25) is 0 Å². The number of carbonyl (C=O) groups is 1. The molecule has 2 aromatic carbocycles. The van der Waals surface area contributed by atoms with E-state index in [2.05, 4.69) is 20.9 Å². The third kappa shape index (κ3) is 5.56. The van der Waals surface area contributed by atoms with Gasteiger partial charge in [-0.05, 0) is 47.4 Å². The summed E-state index contributed by atoms with van der Waals surface area (Å²) in [7, 11) is 0. The number of nitrogens with two attached hydrogens (primary N) is 1. The standard InChI is InChI=1S/C22H19BrF2N2O4/c1-2-19(22(28)29)31-21-18(25)10-17(24)20(27-21)30-16-8-14(7-15(23)9-16)13-5-3-4-12(6-13)11-26/h3-10,19H,2,11,26H2,1H3,(H,28,29)/t19-/m1/s1. The molecule has 3 N–H and O–H groups in total. The van der Waals surface area contributed by atoms with Crippen LogP contribution in [0.4, 0.5) is 8.78 Å². The molecule has 6 nitrogen and oxygen atoms in total. The number of aliphatic carboxylic acids is 1. The van der Waals surface area contributed by atoms with Gasteiger partial charge in [0, 0.05) is 17.1 Å². The predicted molar refractivity (Wildman–Crippen MR) is 114 cm³/mol. The fourth-order valence-electron chi connectivity index (χ4n) is 2.81. The van der Waals surface area contributed by atoms with Crippen LogP contribution in [0.15, 0.2) is 53.0 Å². The summed E-state index contributed by atoms with van der Waals surface area (Å²) < 4.78 is 39.6. The van der Waals surface area contributed by atoms with Crippen molar-refractivity contribution >= 4 is 21.9 Å². The van der Waals surface area contributed by atoms with Gasteiger partial charge in [-0.2, -0.15) is 4.98 Å². The minimum atomic E-state index is -1.33. The van der Waals surface area contributed by atoms with Crippen LogP contribution in [-0.4, -0.2) is 22.2 Å². The molecular weight excluding hydrogens is 474 g/mol. The number of hydrogen-bond donors (Lipinski definition) is 2. The second-order valence-electron chi connectivity index (χ2n) is 6.60. The van der Waals surface area contributed by atoms with Gasteiger partial charge in [0.05, 0.1) is 0 Å². The summed E-state index contributed by atoms with van der Waals surface area (Å²) in [6.07, 6.45) is -1.26. The maximum Gasteiger partial charge on any atom is 0.344 e. The molecule has 0 amide bonds. The summed E-state index contributed by atoms with van der Waals surface area (Å²) in [6, 6.07) is 13.2. The van der Waals surface area contributed by atoms with E-state index in [0.29, 0.717) is 17.1 Å². The van der Waals surface area contributed by atoms with E-state index in [4.69, 9.17) is 20.3 Å². The molecule has 0 saturated carbocycles. The molecule has 31 heavy (non-hydrogen) atoms. The van der Waals surface area contributed by atoms with Crippen molar-refractivity contribution in [1.82, 2.24) is 4.98 Å². The Labute approximate surface area is 185 Å². The number of aromatic nitrogens is 1. The van der Waals surface area contributed by atoms with Gasteiger partial charge in [0.15, 0.2) is 17.7 Å². The molecule has 162 valence electrons. The van der Waals surface area contributed by atoms with E-state index in [-0.39, 0.29) is 12.2 Å². The zero-order valence-corrected chi connectivity index (χ0v) is 18.0. The molecule has 1 aromatic heterocycles. The van der Waals surface area contributed by atoms with Crippen LogP contribution in [0.2, 0.25) is 0 Å². The molecule has 0 radical (unpaired) electrons. The lowest BCUT2D eigenvalue weighted by atomic mass is 10.0. The first-order chi connectivity index (χ1) is 14.8. The number of nitrogens with zero attached hydrogens (tertiary/aromatic N) is 1. The third-order valence-corrected chi connectivity index (χ3v) is 4.80. The van der Waals surface area contributed by atoms with Crippen LogP contribution < -0.4 is 15.2 Å². The minimum Gasteiger partial charge on any atom is -0.479 e. The highest BCUT2D eigenvalue weighted by atomic mass is 79.9. The van der Waals surface area contributed by atoms with Crippen LogP contribution in [-0.2, 0) is 11.3 Å². The van der Waals surface area contributed by atoms with Crippen LogP contribution >= 0.6 is 15.9 Å². The van der Waals surface area contributed by atoms with Crippen molar-refractivity contribution in [2.75, 3.05) is 0 Å². The highest BCUT2D eigenvalue weighted by Gasteiger charge is 2.22. The number of ether oxygens (including phenoxy) is 2.